The number of hydrogen-bond donors (Lipinski definition) is 1. The molecule has 0 bridgehead atoms. The van der Waals surface area contributed by atoms with Gasteiger partial charge in [-0.15, -0.1) is 0 Å². The maximum atomic E-state index is 12.7. The second kappa shape index (κ2) is 9.04. The Labute approximate surface area is 206 Å². The van der Waals surface area contributed by atoms with Crippen LogP contribution in [-0.2, 0) is 23.4 Å². The van der Waals surface area contributed by atoms with Crippen LogP contribution in [0.2, 0.25) is 0 Å². The Balaban J connectivity index is 1.68. The highest BCUT2D eigenvalue weighted by molar-refractivity contribution is 9.10. The molecule has 0 spiro atoms. The van der Waals surface area contributed by atoms with E-state index in [2.05, 4.69) is 21.2 Å². The molecule has 2 heterocycles. The zero-order valence-corrected chi connectivity index (χ0v) is 22.6. The van der Waals surface area contributed by atoms with Crippen molar-refractivity contribution in [3.8, 4) is 5.75 Å². The van der Waals surface area contributed by atoms with Gasteiger partial charge in [-0.2, -0.15) is 0 Å². The number of nitrogens with one attached hydrogen (secondary N) is 1. The van der Waals surface area contributed by atoms with E-state index in [1.165, 1.54) is 0 Å². The van der Waals surface area contributed by atoms with Gasteiger partial charge in [0.05, 0.1) is 34.0 Å². The largest absolute Gasteiger partial charge is 0.495 e. The number of rotatable bonds is 6. The lowest BCUT2D eigenvalue weighted by Gasteiger charge is -2.35. The smallest absolute Gasteiger partial charge is 0.489 e. The molecule has 1 atom stereocenters. The molecule has 1 amide bonds. The highest BCUT2D eigenvalue weighted by Crippen LogP contribution is 2.44. The van der Waals surface area contributed by atoms with Crippen molar-refractivity contribution in [2.45, 2.75) is 84.2 Å². The molecule has 2 fully saturated rings. The Bertz CT molecular complexity index is 935. The molecule has 0 aromatic heterocycles. The molecule has 0 radical (unpaired) electrons. The quantitative estimate of drug-likeness (QED) is 0.420. The lowest BCUT2D eigenvalue weighted by molar-refractivity contribution is -0.112. The van der Waals surface area contributed by atoms with Gasteiger partial charge in [-0.3, -0.25) is 4.79 Å². The molecule has 1 N–H and O–H groups in total. The minimum atomic E-state index is -0.677. The Morgan fingerprint density at radius 3 is 2.12 bits per heavy atom. The molecule has 180 valence electrons. The molecule has 0 aliphatic carbocycles. The Hall–Kier alpha value is -1.32. The van der Waals surface area contributed by atoms with Crippen LogP contribution in [0.1, 0.15) is 61.8 Å². The number of hydrogen-bond acceptors (Lipinski definition) is 6. The maximum absolute atomic E-state index is 12.7. The van der Waals surface area contributed by atoms with Gasteiger partial charge >= 0.3 is 14.0 Å². The van der Waals surface area contributed by atoms with Gasteiger partial charge in [-0.25, -0.2) is 0 Å². The van der Waals surface area contributed by atoms with Gasteiger partial charge in [-0.1, -0.05) is 6.08 Å². The average molecular weight is 522 g/mol. The van der Waals surface area contributed by atoms with Crippen molar-refractivity contribution in [1.29, 1.82) is 0 Å². The molecule has 2 saturated heterocycles. The summed E-state index contributed by atoms with van der Waals surface area (Å²) in [6.07, 6.45) is 2.36. The summed E-state index contributed by atoms with van der Waals surface area (Å²) in [5, 5.41) is 2.90. The standard InChI is InChI=1S/C23H34B2BrNO6/c1-15(19(28)27-16-10-11-17(26)18(14-16)29-9)12-13-23(8)22(6,7)32-25(33-23)24-30-20(2,3)21(4,5)31-24/h10-12,14H,13H2,1-9H3,(H,27,28)/b15-12+. The molecular formula is C23H34B2BrNO6. The van der Waals surface area contributed by atoms with E-state index in [0.29, 0.717) is 23.4 Å². The Kier molecular flexibility index (Phi) is 7.20. The number of methoxy groups -OCH3 is 1. The van der Waals surface area contributed by atoms with Gasteiger partial charge < -0.3 is 28.7 Å². The van der Waals surface area contributed by atoms with Gasteiger partial charge in [0.2, 0.25) is 0 Å². The lowest BCUT2D eigenvalue weighted by Crippen LogP contribution is -2.44. The third-order valence-corrected chi connectivity index (χ3v) is 7.77. The second-order valence-corrected chi connectivity index (χ2v) is 11.2. The number of halogens is 1. The van der Waals surface area contributed by atoms with E-state index in [4.69, 9.17) is 23.4 Å². The summed E-state index contributed by atoms with van der Waals surface area (Å²) < 4.78 is 31.0. The third kappa shape index (κ3) is 5.20. The van der Waals surface area contributed by atoms with E-state index in [1.54, 1.807) is 20.1 Å². The molecule has 10 heteroatoms. The van der Waals surface area contributed by atoms with Crippen LogP contribution in [0.15, 0.2) is 34.3 Å². The van der Waals surface area contributed by atoms with E-state index in [1.807, 2.05) is 66.7 Å². The minimum absolute atomic E-state index is 0.192. The Morgan fingerprint density at radius 2 is 1.55 bits per heavy atom. The first-order valence-electron chi connectivity index (χ1n) is 11.1. The first-order chi connectivity index (χ1) is 15.1. The summed E-state index contributed by atoms with van der Waals surface area (Å²) in [6.45, 7) is 15.7. The van der Waals surface area contributed by atoms with Gasteiger partial charge in [0.1, 0.15) is 5.75 Å². The fourth-order valence-electron chi connectivity index (χ4n) is 3.65. The summed E-state index contributed by atoms with van der Waals surface area (Å²) in [6, 6.07) is 5.41. The maximum Gasteiger partial charge on any atom is 0.489 e. The summed E-state index contributed by atoms with van der Waals surface area (Å²) in [7, 11) is 0.292. The summed E-state index contributed by atoms with van der Waals surface area (Å²) >= 11 is 3.41. The van der Waals surface area contributed by atoms with Gasteiger partial charge in [0.15, 0.2) is 0 Å². The van der Waals surface area contributed by atoms with Gasteiger partial charge in [0.25, 0.3) is 5.91 Å². The normalized spacial score (nSPS) is 25.9. The van der Waals surface area contributed by atoms with E-state index in [0.717, 1.165) is 4.47 Å². The number of ether oxygens (including phenoxy) is 1. The topological polar surface area (TPSA) is 75.3 Å². The fourth-order valence-corrected chi connectivity index (χ4v) is 4.06. The summed E-state index contributed by atoms with van der Waals surface area (Å²) in [5.41, 5.74) is -1.01. The fraction of sp³-hybridized carbons (Fsp3) is 0.609. The zero-order chi connectivity index (χ0) is 24.8. The second-order valence-electron chi connectivity index (χ2n) is 10.4. The van der Waals surface area contributed by atoms with Crippen LogP contribution in [0.4, 0.5) is 5.69 Å². The van der Waals surface area contributed by atoms with E-state index < -0.39 is 36.4 Å². The molecule has 7 nitrogen and oxygen atoms in total. The van der Waals surface area contributed by atoms with E-state index in [9.17, 15) is 4.79 Å². The van der Waals surface area contributed by atoms with Crippen molar-refractivity contribution >= 4 is 41.5 Å². The molecular weight excluding hydrogens is 488 g/mol. The minimum Gasteiger partial charge on any atom is -0.495 e. The lowest BCUT2D eigenvalue weighted by atomic mass is 9.49. The molecule has 0 saturated carbocycles. The van der Waals surface area contributed by atoms with Crippen LogP contribution in [-0.4, -0.2) is 49.4 Å². The first kappa shape index (κ1) is 26.3. The zero-order valence-electron chi connectivity index (χ0n) is 21.0. The molecule has 1 aromatic carbocycles. The van der Waals surface area contributed by atoms with Crippen molar-refractivity contribution in [2.24, 2.45) is 0 Å². The molecule has 1 unspecified atom stereocenters. The summed E-state index contributed by atoms with van der Waals surface area (Å²) in [4.78, 5) is 12.7. The van der Waals surface area contributed by atoms with Crippen LogP contribution in [0, 0.1) is 0 Å². The number of benzene rings is 1. The first-order valence-corrected chi connectivity index (χ1v) is 11.9. The van der Waals surface area contributed by atoms with Crippen molar-refractivity contribution < 1.29 is 28.1 Å². The SMILES string of the molecule is COc1cc(NC(=O)/C(C)=C/CC2(C)OB(B3OC(C)(C)C(C)(C)O3)OC2(C)C)ccc1Br. The van der Waals surface area contributed by atoms with Crippen molar-refractivity contribution in [3.05, 3.63) is 34.3 Å². The van der Waals surface area contributed by atoms with Crippen LogP contribution < -0.4 is 10.1 Å². The number of anilines is 1. The third-order valence-electron chi connectivity index (χ3n) is 7.12. The monoisotopic (exact) mass is 521 g/mol. The highest BCUT2D eigenvalue weighted by atomic mass is 79.9. The van der Waals surface area contributed by atoms with Crippen LogP contribution in [0.25, 0.3) is 0 Å². The number of amides is 1. The van der Waals surface area contributed by atoms with Crippen LogP contribution in [0.3, 0.4) is 0 Å². The number of carbonyl (C=O) groups excluding carboxylic acids is 1. The predicted octanol–water partition coefficient (Wildman–Crippen LogP) is 4.98. The van der Waals surface area contributed by atoms with E-state index >= 15 is 0 Å². The average Bonchev–Trinajstić information content (AvgIpc) is 3.08. The molecule has 33 heavy (non-hydrogen) atoms. The Morgan fingerprint density at radius 1 is 1.00 bits per heavy atom. The highest BCUT2D eigenvalue weighted by Gasteiger charge is 2.64. The van der Waals surface area contributed by atoms with Crippen LogP contribution >= 0.6 is 15.9 Å². The van der Waals surface area contributed by atoms with Crippen LogP contribution in [0.5, 0.6) is 5.75 Å². The van der Waals surface area contributed by atoms with Crippen molar-refractivity contribution in [1.82, 2.24) is 0 Å². The predicted molar refractivity (Wildman–Crippen MR) is 134 cm³/mol. The molecule has 2 aliphatic heterocycles. The number of carbonyl (C=O) groups is 1. The molecule has 3 rings (SSSR count). The van der Waals surface area contributed by atoms with Gasteiger partial charge in [0, 0.05) is 17.3 Å². The molecule has 1 aromatic rings. The van der Waals surface area contributed by atoms with Crippen molar-refractivity contribution in [2.75, 3.05) is 12.4 Å². The van der Waals surface area contributed by atoms with E-state index in [-0.39, 0.29) is 5.91 Å². The van der Waals surface area contributed by atoms with Crippen molar-refractivity contribution in [3.63, 3.8) is 0 Å². The summed E-state index contributed by atoms with van der Waals surface area (Å²) in [5.74, 6) is 0.455. The van der Waals surface area contributed by atoms with Gasteiger partial charge in [-0.05, 0) is 89.9 Å². The molecule has 2 aliphatic rings.